The maximum Gasteiger partial charge on any atom is 0.255 e. The van der Waals surface area contributed by atoms with Gasteiger partial charge < -0.3 is 16.0 Å². The Labute approximate surface area is 198 Å². The van der Waals surface area contributed by atoms with Crippen molar-refractivity contribution in [2.24, 2.45) is 11.1 Å². The molecule has 2 amide bonds. The van der Waals surface area contributed by atoms with Crippen LogP contribution in [0.2, 0.25) is 0 Å². The van der Waals surface area contributed by atoms with Crippen LogP contribution in [0.15, 0.2) is 72.8 Å². The maximum atomic E-state index is 13.3. The molecule has 0 atom stereocenters. The number of nitrogens with one attached hydrogen (secondary N) is 1. The van der Waals surface area contributed by atoms with Crippen LogP contribution in [-0.2, 0) is 6.54 Å². The molecule has 0 aliphatic heterocycles. The average Bonchev–Trinajstić information content (AvgIpc) is 2.84. The van der Waals surface area contributed by atoms with Crippen molar-refractivity contribution in [1.82, 2.24) is 4.90 Å². The SMILES string of the molecule is CC(C)(CN)CN(Cc1ccc(NC(=O)c2ccc(F)cc2)cc1)C(=O)c1ccc(C#N)cc1. The minimum atomic E-state index is -0.404. The number of benzene rings is 3. The molecule has 0 aliphatic rings. The fourth-order valence-corrected chi connectivity index (χ4v) is 3.37. The topological polar surface area (TPSA) is 99.2 Å². The molecule has 7 heteroatoms. The number of rotatable bonds is 8. The molecule has 0 heterocycles. The lowest BCUT2D eigenvalue weighted by Crippen LogP contribution is -2.41. The quantitative estimate of drug-likeness (QED) is 0.516. The molecule has 0 radical (unpaired) electrons. The number of halogens is 1. The highest BCUT2D eigenvalue weighted by molar-refractivity contribution is 6.04. The highest BCUT2D eigenvalue weighted by Gasteiger charge is 2.25. The van der Waals surface area contributed by atoms with E-state index < -0.39 is 5.82 Å². The van der Waals surface area contributed by atoms with Crippen LogP contribution in [0.25, 0.3) is 0 Å². The first-order chi connectivity index (χ1) is 16.2. The number of amides is 2. The Hall–Kier alpha value is -4.02. The predicted molar refractivity (Wildman–Crippen MR) is 130 cm³/mol. The van der Waals surface area contributed by atoms with Gasteiger partial charge in [-0.1, -0.05) is 26.0 Å². The summed E-state index contributed by atoms with van der Waals surface area (Å²) in [5.41, 5.74) is 8.44. The molecule has 3 aromatic rings. The number of nitrogens with zero attached hydrogens (tertiary/aromatic N) is 2. The normalized spacial score (nSPS) is 10.9. The maximum absolute atomic E-state index is 13.3. The zero-order valence-corrected chi connectivity index (χ0v) is 19.2. The van der Waals surface area contributed by atoms with E-state index in [1.54, 1.807) is 41.3 Å². The molecule has 0 aromatic heterocycles. The summed E-state index contributed by atoms with van der Waals surface area (Å²) < 4.78 is 13.1. The van der Waals surface area contributed by atoms with Crippen molar-refractivity contribution in [2.45, 2.75) is 20.4 Å². The van der Waals surface area contributed by atoms with E-state index in [0.29, 0.717) is 42.0 Å². The Kier molecular flexibility index (Phi) is 7.77. The molecule has 3 rings (SSSR count). The zero-order valence-electron chi connectivity index (χ0n) is 19.2. The Morgan fingerprint density at radius 1 is 0.971 bits per heavy atom. The molecule has 174 valence electrons. The summed E-state index contributed by atoms with van der Waals surface area (Å²) in [5, 5.41) is 11.8. The Bertz CT molecular complexity index is 1180. The third-order valence-electron chi connectivity index (χ3n) is 5.41. The van der Waals surface area contributed by atoms with Gasteiger partial charge >= 0.3 is 0 Å². The molecule has 6 nitrogen and oxygen atoms in total. The lowest BCUT2D eigenvalue weighted by molar-refractivity contribution is 0.0673. The lowest BCUT2D eigenvalue weighted by Gasteiger charge is -2.32. The molecule has 3 N–H and O–H groups in total. The Morgan fingerprint density at radius 3 is 2.12 bits per heavy atom. The van der Waals surface area contributed by atoms with Crippen LogP contribution in [0.3, 0.4) is 0 Å². The number of nitrogens with two attached hydrogens (primary N) is 1. The molecule has 0 saturated carbocycles. The van der Waals surface area contributed by atoms with Crippen molar-refractivity contribution < 1.29 is 14.0 Å². The summed E-state index contributed by atoms with van der Waals surface area (Å²) in [4.78, 5) is 27.3. The van der Waals surface area contributed by atoms with Gasteiger partial charge in [0.1, 0.15) is 5.82 Å². The van der Waals surface area contributed by atoms with Gasteiger partial charge in [-0.2, -0.15) is 5.26 Å². The molecule has 0 saturated heterocycles. The van der Waals surface area contributed by atoms with E-state index in [1.807, 2.05) is 26.0 Å². The second-order valence-electron chi connectivity index (χ2n) is 8.88. The van der Waals surface area contributed by atoms with E-state index in [0.717, 1.165) is 5.56 Å². The molecule has 3 aromatic carbocycles. The van der Waals surface area contributed by atoms with Gasteiger partial charge in [0, 0.05) is 29.9 Å². The van der Waals surface area contributed by atoms with Gasteiger partial charge in [-0.25, -0.2) is 4.39 Å². The first-order valence-corrected chi connectivity index (χ1v) is 10.9. The number of hydrogen-bond acceptors (Lipinski definition) is 4. The summed E-state index contributed by atoms with van der Waals surface area (Å²) in [5.74, 6) is -0.895. The standard InChI is InChI=1S/C27H27FN4O2/c1-27(2,17-30)18-32(26(34)22-7-3-19(15-29)4-8-22)16-20-5-13-24(14-6-20)31-25(33)21-9-11-23(28)12-10-21/h3-14H,16-18,30H2,1-2H3,(H,31,33). The highest BCUT2D eigenvalue weighted by Crippen LogP contribution is 2.21. The van der Waals surface area contributed by atoms with Crippen molar-refractivity contribution in [3.05, 3.63) is 101 Å². The van der Waals surface area contributed by atoms with E-state index in [-0.39, 0.29) is 17.2 Å². The summed E-state index contributed by atoms with van der Waals surface area (Å²) in [7, 11) is 0. The molecular weight excluding hydrogens is 431 g/mol. The van der Waals surface area contributed by atoms with Crippen LogP contribution in [0.5, 0.6) is 0 Å². The largest absolute Gasteiger partial charge is 0.334 e. The minimum Gasteiger partial charge on any atom is -0.334 e. The predicted octanol–water partition coefficient (Wildman–Crippen LogP) is 4.58. The van der Waals surface area contributed by atoms with E-state index in [2.05, 4.69) is 11.4 Å². The van der Waals surface area contributed by atoms with Crippen LogP contribution < -0.4 is 11.1 Å². The number of hydrogen-bond donors (Lipinski definition) is 2. The van der Waals surface area contributed by atoms with Gasteiger partial charge in [0.2, 0.25) is 0 Å². The van der Waals surface area contributed by atoms with Crippen molar-refractivity contribution in [1.29, 1.82) is 5.26 Å². The van der Waals surface area contributed by atoms with Crippen LogP contribution in [0.4, 0.5) is 10.1 Å². The Balaban J connectivity index is 1.74. The van der Waals surface area contributed by atoms with Crippen molar-refractivity contribution in [3.63, 3.8) is 0 Å². The summed E-state index contributed by atoms with van der Waals surface area (Å²) in [6.45, 7) is 5.22. The van der Waals surface area contributed by atoms with Crippen LogP contribution >= 0.6 is 0 Å². The Morgan fingerprint density at radius 2 is 1.56 bits per heavy atom. The molecule has 0 aliphatic carbocycles. The van der Waals surface area contributed by atoms with Crippen LogP contribution in [0.1, 0.15) is 45.7 Å². The average molecular weight is 459 g/mol. The third-order valence-corrected chi connectivity index (χ3v) is 5.41. The summed E-state index contributed by atoms with van der Waals surface area (Å²) in [6, 6.07) is 21.1. The van der Waals surface area contributed by atoms with Crippen LogP contribution in [-0.4, -0.2) is 29.8 Å². The van der Waals surface area contributed by atoms with Crippen LogP contribution in [0, 0.1) is 22.6 Å². The molecule has 0 unspecified atom stereocenters. The first-order valence-electron chi connectivity index (χ1n) is 10.9. The fraction of sp³-hybridized carbons (Fsp3) is 0.222. The number of carbonyl (C=O) groups is 2. The molecule has 0 spiro atoms. The first kappa shape index (κ1) is 24.6. The number of carbonyl (C=O) groups excluding carboxylic acids is 2. The third kappa shape index (κ3) is 6.50. The summed E-state index contributed by atoms with van der Waals surface area (Å²) in [6.07, 6.45) is 0. The molecular formula is C27H27FN4O2. The molecule has 34 heavy (non-hydrogen) atoms. The zero-order chi connectivity index (χ0) is 24.7. The van der Waals surface area contributed by atoms with Gasteiger partial charge in [0.05, 0.1) is 11.6 Å². The van der Waals surface area contributed by atoms with E-state index in [4.69, 9.17) is 11.0 Å². The monoisotopic (exact) mass is 458 g/mol. The fourth-order valence-electron chi connectivity index (χ4n) is 3.37. The van der Waals surface area contributed by atoms with E-state index in [1.165, 1.54) is 24.3 Å². The van der Waals surface area contributed by atoms with Crippen molar-refractivity contribution in [3.8, 4) is 6.07 Å². The number of nitriles is 1. The van der Waals surface area contributed by atoms with Crippen molar-refractivity contribution in [2.75, 3.05) is 18.4 Å². The lowest BCUT2D eigenvalue weighted by atomic mass is 9.92. The summed E-state index contributed by atoms with van der Waals surface area (Å²) >= 11 is 0. The van der Waals surface area contributed by atoms with Gasteiger partial charge in [-0.15, -0.1) is 0 Å². The van der Waals surface area contributed by atoms with Gasteiger partial charge in [0.25, 0.3) is 11.8 Å². The minimum absolute atomic E-state index is 0.153. The number of anilines is 1. The van der Waals surface area contributed by atoms with Gasteiger partial charge in [-0.05, 0) is 78.2 Å². The molecule has 0 fully saturated rings. The second kappa shape index (κ2) is 10.7. The van der Waals surface area contributed by atoms with E-state index in [9.17, 15) is 14.0 Å². The highest BCUT2D eigenvalue weighted by atomic mass is 19.1. The molecule has 0 bridgehead atoms. The smallest absolute Gasteiger partial charge is 0.255 e. The van der Waals surface area contributed by atoms with Gasteiger partial charge in [0.15, 0.2) is 0 Å². The van der Waals surface area contributed by atoms with Gasteiger partial charge in [-0.3, -0.25) is 9.59 Å². The van der Waals surface area contributed by atoms with E-state index >= 15 is 0 Å². The second-order valence-corrected chi connectivity index (χ2v) is 8.88. The van der Waals surface area contributed by atoms with Crippen molar-refractivity contribution >= 4 is 17.5 Å².